The van der Waals surface area contributed by atoms with Crippen molar-refractivity contribution in [2.24, 2.45) is 0 Å². The van der Waals surface area contributed by atoms with Crippen molar-refractivity contribution in [1.29, 1.82) is 0 Å². The van der Waals surface area contributed by atoms with E-state index in [0.717, 1.165) is 36.9 Å². The van der Waals surface area contributed by atoms with Crippen LogP contribution in [-0.4, -0.2) is 6.71 Å². The Morgan fingerprint density at radius 2 is 0.986 bits per heavy atom. The minimum Gasteiger partial charge on any atom is -0.468 e. The average molecular weight is 951 g/mol. The first-order chi connectivity index (χ1) is 33.6. The summed E-state index contributed by atoms with van der Waals surface area (Å²) in [6.07, 6.45) is 6.97. The van der Waals surface area contributed by atoms with Gasteiger partial charge in [-0.2, -0.15) is 0 Å². The summed E-state index contributed by atoms with van der Waals surface area (Å²) < 4.78 is 7.58. The van der Waals surface area contributed by atoms with Crippen LogP contribution in [-0.2, 0) is 37.9 Å². The van der Waals surface area contributed by atoms with E-state index in [1.54, 1.807) is 0 Å². The highest BCUT2D eigenvalue weighted by atomic mass is 16.3. The van der Waals surface area contributed by atoms with Crippen molar-refractivity contribution >= 4 is 68.4 Å². The fraction of sp³-hybridized carbons (Fsp3) is 0.441. The molecule has 370 valence electrons. The van der Waals surface area contributed by atoms with Crippen LogP contribution in [0.2, 0.25) is 0 Å². The molecule has 12 rings (SSSR count). The van der Waals surface area contributed by atoms with Crippen molar-refractivity contribution in [3.05, 3.63) is 147 Å². The van der Waals surface area contributed by atoms with Gasteiger partial charge in [0.05, 0.1) is 17.0 Å². The quantitative estimate of drug-likeness (QED) is 0.165. The van der Waals surface area contributed by atoms with Crippen molar-refractivity contribution < 1.29 is 4.42 Å². The van der Waals surface area contributed by atoms with Gasteiger partial charge in [0.2, 0.25) is 0 Å². The molecule has 0 saturated carbocycles. The molecule has 3 heterocycles. The molecule has 0 N–H and O–H groups in total. The van der Waals surface area contributed by atoms with Crippen molar-refractivity contribution in [3.8, 4) is 11.1 Å². The number of hydrogen-bond acceptors (Lipinski definition) is 3. The molecule has 0 bridgehead atoms. The van der Waals surface area contributed by atoms with Crippen molar-refractivity contribution in [3.63, 3.8) is 0 Å². The summed E-state index contributed by atoms with van der Waals surface area (Å²) in [6.45, 7) is 41.2. The summed E-state index contributed by atoms with van der Waals surface area (Å²) >= 11 is 0. The molecule has 0 atom stereocenters. The molecule has 5 aliphatic rings. The third-order valence-electron chi connectivity index (χ3n) is 19.4. The smallest absolute Gasteiger partial charge is 0.297 e. The van der Waals surface area contributed by atoms with Gasteiger partial charge in [-0.3, -0.25) is 0 Å². The van der Waals surface area contributed by atoms with Crippen LogP contribution >= 0.6 is 0 Å². The van der Waals surface area contributed by atoms with Crippen molar-refractivity contribution in [2.75, 3.05) is 9.80 Å². The van der Waals surface area contributed by atoms with E-state index in [-0.39, 0.29) is 44.6 Å². The van der Waals surface area contributed by atoms with Crippen LogP contribution in [0.5, 0.6) is 0 Å². The zero-order valence-electron chi connectivity index (χ0n) is 46.9. The zero-order valence-corrected chi connectivity index (χ0v) is 46.9. The molecule has 4 heteroatoms. The maximum absolute atomic E-state index is 7.58. The summed E-state index contributed by atoms with van der Waals surface area (Å²) in [5.41, 5.74) is 27.7. The Bertz CT molecular complexity index is 3450. The minimum atomic E-state index is -0.132. The first-order valence-electron chi connectivity index (χ1n) is 27.5. The van der Waals surface area contributed by atoms with Crippen LogP contribution in [0, 0.1) is 13.8 Å². The monoisotopic (exact) mass is 951 g/mol. The SMILES string of the molecule is Cc1cc2c3c(c1)N(c1ccc4c(c1)C(C)(C)CCC4(C)C)c1c(oc4ccc(C(C)(C)C)cc14)B3c1cc3c(cc1N2c1cc2c(cc1-c1ccccc1C)C(C)(C)CCC2(C)C)C(C)(C)CCC3(C)C. The van der Waals surface area contributed by atoms with Gasteiger partial charge < -0.3 is 14.2 Å². The highest BCUT2D eigenvalue weighted by molar-refractivity contribution is 7.00. The fourth-order valence-corrected chi connectivity index (χ4v) is 14.3. The Hall–Kier alpha value is -5.48. The van der Waals surface area contributed by atoms with E-state index in [9.17, 15) is 0 Å². The second kappa shape index (κ2) is 15.1. The van der Waals surface area contributed by atoms with E-state index in [4.69, 9.17) is 4.42 Å². The zero-order chi connectivity index (χ0) is 51.2. The summed E-state index contributed by atoms with van der Waals surface area (Å²) in [5, 5.41) is 1.19. The third kappa shape index (κ3) is 6.88. The number of benzene rings is 6. The predicted octanol–water partition coefficient (Wildman–Crippen LogP) is 17.1. The predicted molar refractivity (Wildman–Crippen MR) is 310 cm³/mol. The molecular formula is C68H79BN2O. The number of hydrogen-bond donors (Lipinski definition) is 0. The standard InChI is InChI=1S/C68H79BN2O/c1-40-32-56-59-57(33-40)71(54-38-51-49(65(10,11)28-30-67(51,14)15)36-45(54)44-21-19-18-20-41(44)2)55-39-52-50(66(12,13)29-31-68(52,16)17)37-53(55)69(59)61-60(46-34-42(62(3,4)5)22-25-58(46)72-61)70(56)43-23-24-47-48(35-43)64(8,9)27-26-63(47,6)7/h18-25,32-39H,26-31H2,1-17H3. The number of aryl methyl sites for hydroxylation is 2. The molecule has 0 spiro atoms. The first kappa shape index (κ1) is 47.5. The van der Waals surface area contributed by atoms with Gasteiger partial charge >= 0.3 is 0 Å². The number of rotatable bonds is 3. The van der Waals surface area contributed by atoms with E-state index >= 15 is 0 Å². The largest absolute Gasteiger partial charge is 0.468 e. The third-order valence-corrected chi connectivity index (χ3v) is 19.4. The highest BCUT2D eigenvalue weighted by Crippen LogP contribution is 2.56. The van der Waals surface area contributed by atoms with E-state index < -0.39 is 0 Å². The average Bonchev–Trinajstić information content (AvgIpc) is 3.68. The Morgan fingerprint density at radius 3 is 1.57 bits per heavy atom. The van der Waals surface area contributed by atoms with Gasteiger partial charge in [0.1, 0.15) is 5.58 Å². The number of anilines is 6. The van der Waals surface area contributed by atoms with Crippen LogP contribution in [0.3, 0.4) is 0 Å². The van der Waals surface area contributed by atoms with Gasteiger partial charge in [-0.05, 0) is 211 Å². The maximum atomic E-state index is 7.58. The van der Waals surface area contributed by atoms with Gasteiger partial charge in [-0.15, -0.1) is 0 Å². The Morgan fingerprint density at radius 1 is 0.472 bits per heavy atom. The molecule has 0 amide bonds. The Labute approximate surface area is 432 Å². The van der Waals surface area contributed by atoms with Gasteiger partial charge in [0.15, 0.2) is 0 Å². The maximum Gasteiger partial charge on any atom is 0.297 e. The number of fused-ring (bicyclic) bond motifs is 9. The molecule has 3 aliphatic carbocycles. The van der Waals surface area contributed by atoms with Gasteiger partial charge in [-0.25, -0.2) is 0 Å². The van der Waals surface area contributed by atoms with Crippen LogP contribution < -0.4 is 26.4 Å². The molecule has 2 aliphatic heterocycles. The molecular weight excluding hydrogens is 872 g/mol. The molecule has 6 aromatic carbocycles. The summed E-state index contributed by atoms with van der Waals surface area (Å²) in [4.78, 5) is 5.39. The molecule has 0 fully saturated rings. The number of furan rings is 1. The van der Waals surface area contributed by atoms with Crippen LogP contribution in [0.25, 0.3) is 22.1 Å². The van der Waals surface area contributed by atoms with E-state index in [2.05, 4.69) is 225 Å². The van der Waals surface area contributed by atoms with Gasteiger partial charge in [0, 0.05) is 33.7 Å². The second-order valence-corrected chi connectivity index (χ2v) is 28.3. The lowest BCUT2D eigenvalue weighted by Gasteiger charge is -2.48. The van der Waals surface area contributed by atoms with Crippen molar-refractivity contribution in [1.82, 2.24) is 0 Å². The van der Waals surface area contributed by atoms with Crippen LogP contribution in [0.1, 0.15) is 192 Å². The second-order valence-electron chi connectivity index (χ2n) is 28.3. The molecule has 0 unspecified atom stereocenters. The number of nitrogens with zero attached hydrogens (tertiary/aromatic N) is 2. The molecule has 72 heavy (non-hydrogen) atoms. The van der Waals surface area contributed by atoms with E-state index in [0.29, 0.717) is 0 Å². The molecule has 3 nitrogen and oxygen atoms in total. The Kier molecular flexibility index (Phi) is 9.95. The lowest BCUT2D eigenvalue weighted by molar-refractivity contribution is 0.332. The van der Waals surface area contributed by atoms with Gasteiger partial charge in [0.25, 0.3) is 6.71 Å². The van der Waals surface area contributed by atoms with Crippen molar-refractivity contribution in [2.45, 2.75) is 194 Å². The molecule has 0 radical (unpaired) electrons. The first-order valence-corrected chi connectivity index (χ1v) is 27.5. The lowest BCUT2D eigenvalue weighted by atomic mass is 9.35. The van der Waals surface area contributed by atoms with E-state index in [1.165, 1.54) is 124 Å². The Balaban J connectivity index is 1.25. The summed E-state index contributed by atoms with van der Waals surface area (Å²) in [6, 6.07) is 39.2. The molecule has 1 aromatic heterocycles. The van der Waals surface area contributed by atoms with Gasteiger partial charge in [-0.1, -0.05) is 146 Å². The summed E-state index contributed by atoms with van der Waals surface area (Å²) in [5.74, 6) is 0. The van der Waals surface area contributed by atoms with E-state index in [1.807, 2.05) is 0 Å². The minimum absolute atomic E-state index is 0.0103. The fourth-order valence-electron chi connectivity index (χ4n) is 14.3. The van der Waals surface area contributed by atoms with Crippen LogP contribution in [0.15, 0.2) is 101 Å². The topological polar surface area (TPSA) is 19.6 Å². The molecule has 0 saturated heterocycles. The highest BCUT2D eigenvalue weighted by Gasteiger charge is 2.50. The molecule has 7 aromatic rings. The lowest BCUT2D eigenvalue weighted by Crippen LogP contribution is -2.61. The summed E-state index contributed by atoms with van der Waals surface area (Å²) in [7, 11) is 0. The van der Waals surface area contributed by atoms with Crippen LogP contribution in [0.4, 0.5) is 34.1 Å². The normalized spacial score (nSPS) is 20.3.